The van der Waals surface area contributed by atoms with Crippen LogP contribution in [0.2, 0.25) is 0 Å². The first-order chi connectivity index (χ1) is 19.1. The summed E-state index contributed by atoms with van der Waals surface area (Å²) in [7, 11) is 0. The van der Waals surface area contributed by atoms with E-state index in [2.05, 4.69) is 25.7 Å². The predicted octanol–water partition coefficient (Wildman–Crippen LogP) is 4.61. The van der Waals surface area contributed by atoms with E-state index >= 15 is 0 Å². The first-order valence-corrected chi connectivity index (χ1v) is 12.5. The fourth-order valence-electron chi connectivity index (χ4n) is 5.41. The second kappa shape index (κ2) is 9.21. The van der Waals surface area contributed by atoms with Gasteiger partial charge in [0.05, 0.1) is 23.6 Å². The Bertz CT molecular complexity index is 1640. The van der Waals surface area contributed by atoms with Gasteiger partial charge in [0.1, 0.15) is 6.10 Å². The molecule has 2 N–H and O–H groups in total. The van der Waals surface area contributed by atoms with Crippen molar-refractivity contribution >= 4 is 41.2 Å². The van der Waals surface area contributed by atoms with Crippen molar-refractivity contribution in [2.45, 2.75) is 44.0 Å². The van der Waals surface area contributed by atoms with Crippen molar-refractivity contribution in [1.82, 2.24) is 19.6 Å². The number of nitrogens with one attached hydrogen (secondary N) is 2. The molecule has 2 aliphatic rings. The number of rotatable bonds is 6. The minimum atomic E-state index is -4.57. The molecular formula is C27H24F3N7O3. The third-order valence-corrected chi connectivity index (χ3v) is 7.41. The van der Waals surface area contributed by atoms with Crippen LogP contribution in [-0.4, -0.2) is 44.6 Å². The van der Waals surface area contributed by atoms with Gasteiger partial charge in [0, 0.05) is 30.2 Å². The van der Waals surface area contributed by atoms with E-state index in [0.29, 0.717) is 29.3 Å². The molecule has 0 radical (unpaired) electrons. The Labute approximate surface area is 226 Å². The first-order valence-electron chi connectivity index (χ1n) is 12.5. The van der Waals surface area contributed by atoms with E-state index in [4.69, 9.17) is 4.74 Å². The Kier molecular flexibility index (Phi) is 5.89. The van der Waals surface area contributed by atoms with Gasteiger partial charge in [0.15, 0.2) is 11.5 Å². The lowest BCUT2D eigenvalue weighted by Gasteiger charge is -2.27. The molecule has 206 valence electrons. The van der Waals surface area contributed by atoms with E-state index < -0.39 is 29.3 Å². The summed E-state index contributed by atoms with van der Waals surface area (Å²) in [6.45, 7) is 4.12. The maximum atomic E-state index is 13.9. The number of nitrogens with zero attached hydrogens (tertiary/aromatic N) is 5. The largest absolute Gasteiger partial charge is 0.463 e. The van der Waals surface area contributed by atoms with Crippen LogP contribution in [0, 0.1) is 0 Å². The van der Waals surface area contributed by atoms with Crippen molar-refractivity contribution < 1.29 is 27.5 Å². The van der Waals surface area contributed by atoms with Gasteiger partial charge < -0.3 is 20.3 Å². The highest BCUT2D eigenvalue weighted by Gasteiger charge is 2.42. The standard InChI is InChI=1S/C27H24F3N7O3/c1-26(2)19-8-7-15(11-20(19)33-24(26)39)32-25-34-23-22(31-9-10-37(23)35-25)36-13-16(40-14-38)12-21(36)17-5-3-4-6-18(17)27(28,29)30/h3-11,14,16,21H,12-13H2,1-2H3,(H,32,35)(H,33,39)/t16-,21-/m1/s1. The summed E-state index contributed by atoms with van der Waals surface area (Å²) in [5.41, 5.74) is 1.16. The van der Waals surface area contributed by atoms with Crippen LogP contribution >= 0.6 is 0 Å². The maximum absolute atomic E-state index is 13.9. The van der Waals surface area contributed by atoms with Crippen LogP contribution in [0.5, 0.6) is 0 Å². The molecule has 0 unspecified atom stereocenters. The molecule has 6 rings (SSSR count). The maximum Gasteiger partial charge on any atom is 0.416 e. The minimum Gasteiger partial charge on any atom is -0.463 e. The number of ether oxygens (including phenoxy) is 1. The quantitative estimate of drug-likeness (QED) is 0.334. The van der Waals surface area contributed by atoms with E-state index in [9.17, 15) is 22.8 Å². The van der Waals surface area contributed by atoms with Gasteiger partial charge >= 0.3 is 6.18 Å². The number of carbonyl (C=O) groups is 2. The summed E-state index contributed by atoms with van der Waals surface area (Å²) < 4.78 is 48.4. The summed E-state index contributed by atoms with van der Waals surface area (Å²) in [5, 5.41) is 10.5. The number of benzene rings is 2. The normalized spacial score (nSPS) is 19.9. The lowest BCUT2D eigenvalue weighted by Crippen LogP contribution is -2.28. The smallest absolute Gasteiger partial charge is 0.416 e. The van der Waals surface area contributed by atoms with Gasteiger partial charge in [-0.1, -0.05) is 24.3 Å². The van der Waals surface area contributed by atoms with Gasteiger partial charge in [-0.15, -0.1) is 5.10 Å². The number of alkyl halides is 3. The number of anilines is 4. The molecule has 2 aliphatic heterocycles. The molecule has 13 heteroatoms. The number of aromatic nitrogens is 4. The molecule has 10 nitrogen and oxygen atoms in total. The monoisotopic (exact) mass is 551 g/mol. The van der Waals surface area contributed by atoms with Crippen molar-refractivity contribution in [1.29, 1.82) is 0 Å². The summed E-state index contributed by atoms with van der Waals surface area (Å²) >= 11 is 0. The summed E-state index contributed by atoms with van der Waals surface area (Å²) in [6, 6.07) is 10.0. The number of hydrogen-bond acceptors (Lipinski definition) is 8. The molecule has 1 amide bonds. The Morgan fingerprint density at radius 3 is 2.77 bits per heavy atom. The molecule has 0 saturated carbocycles. The van der Waals surface area contributed by atoms with Crippen LogP contribution in [-0.2, 0) is 25.9 Å². The van der Waals surface area contributed by atoms with Crippen LogP contribution in [0.3, 0.4) is 0 Å². The van der Waals surface area contributed by atoms with Gasteiger partial charge in [0.2, 0.25) is 11.9 Å². The van der Waals surface area contributed by atoms with Gasteiger partial charge in [-0.05, 0) is 43.2 Å². The lowest BCUT2D eigenvalue weighted by atomic mass is 9.86. The summed E-state index contributed by atoms with van der Waals surface area (Å²) in [5.74, 6) is 0.431. The second-order valence-corrected chi connectivity index (χ2v) is 10.3. The number of hydrogen-bond donors (Lipinski definition) is 2. The van der Waals surface area contributed by atoms with Gasteiger partial charge in [-0.25, -0.2) is 9.50 Å². The van der Waals surface area contributed by atoms with Crippen molar-refractivity contribution in [3.63, 3.8) is 0 Å². The molecule has 0 aliphatic carbocycles. The molecule has 2 atom stereocenters. The fourth-order valence-corrected chi connectivity index (χ4v) is 5.41. The zero-order valence-corrected chi connectivity index (χ0v) is 21.4. The van der Waals surface area contributed by atoms with Crippen molar-refractivity contribution in [2.24, 2.45) is 0 Å². The van der Waals surface area contributed by atoms with Crippen LogP contribution in [0.1, 0.15) is 43.0 Å². The average molecular weight is 552 g/mol. The number of carbonyl (C=O) groups excluding carboxylic acids is 2. The molecule has 2 aromatic heterocycles. The number of halogens is 3. The van der Waals surface area contributed by atoms with Gasteiger partial charge in [-0.3, -0.25) is 9.59 Å². The van der Waals surface area contributed by atoms with Gasteiger partial charge in [-0.2, -0.15) is 18.2 Å². The highest BCUT2D eigenvalue weighted by Crippen LogP contribution is 2.43. The van der Waals surface area contributed by atoms with E-state index in [1.54, 1.807) is 23.2 Å². The third kappa shape index (κ3) is 4.27. The molecule has 0 spiro atoms. The van der Waals surface area contributed by atoms with Gasteiger partial charge in [0.25, 0.3) is 6.47 Å². The van der Waals surface area contributed by atoms with E-state index in [-0.39, 0.29) is 30.4 Å². The minimum absolute atomic E-state index is 0.0526. The second-order valence-electron chi connectivity index (χ2n) is 10.3. The molecular weight excluding hydrogens is 527 g/mol. The molecule has 1 fully saturated rings. The fraction of sp³-hybridized carbons (Fsp3) is 0.296. The van der Waals surface area contributed by atoms with E-state index in [0.717, 1.165) is 11.6 Å². The van der Waals surface area contributed by atoms with Crippen molar-refractivity contribution in [2.75, 3.05) is 22.1 Å². The van der Waals surface area contributed by atoms with Crippen LogP contribution in [0.15, 0.2) is 54.9 Å². The average Bonchev–Trinajstić information content (AvgIpc) is 3.57. The SMILES string of the molecule is CC1(C)C(=O)Nc2cc(Nc3nc4c(N5C[C@H](OC=O)C[C@@H]5c5ccccc5C(F)(F)F)nccn4n3)ccc21. The highest BCUT2D eigenvalue weighted by atomic mass is 19.4. The Balaban J connectivity index is 1.36. The molecule has 4 aromatic rings. The topological polar surface area (TPSA) is 114 Å². The van der Waals surface area contributed by atoms with Crippen LogP contribution in [0.25, 0.3) is 5.65 Å². The number of fused-ring (bicyclic) bond motifs is 2. The van der Waals surface area contributed by atoms with Crippen LogP contribution < -0.4 is 15.5 Å². The van der Waals surface area contributed by atoms with Crippen LogP contribution in [0.4, 0.5) is 36.3 Å². The zero-order chi connectivity index (χ0) is 28.2. The molecule has 40 heavy (non-hydrogen) atoms. The van der Waals surface area contributed by atoms with Crippen molar-refractivity contribution in [3.05, 3.63) is 71.5 Å². The number of amides is 1. The summed E-state index contributed by atoms with van der Waals surface area (Å²) in [4.78, 5) is 34.1. The Hall–Kier alpha value is -4.68. The summed E-state index contributed by atoms with van der Waals surface area (Å²) in [6.07, 6.45) is -2.00. The lowest BCUT2D eigenvalue weighted by molar-refractivity contribution is -0.138. The predicted molar refractivity (Wildman–Crippen MR) is 139 cm³/mol. The first kappa shape index (κ1) is 25.6. The highest BCUT2D eigenvalue weighted by molar-refractivity contribution is 6.06. The van der Waals surface area contributed by atoms with E-state index in [1.165, 1.54) is 22.8 Å². The molecule has 0 bridgehead atoms. The Morgan fingerprint density at radius 1 is 1.20 bits per heavy atom. The Morgan fingerprint density at radius 2 is 2.00 bits per heavy atom. The molecule has 4 heterocycles. The van der Waals surface area contributed by atoms with E-state index in [1.807, 2.05) is 26.0 Å². The molecule has 2 aromatic carbocycles. The third-order valence-electron chi connectivity index (χ3n) is 7.41. The van der Waals surface area contributed by atoms with Crippen molar-refractivity contribution in [3.8, 4) is 0 Å². The zero-order valence-electron chi connectivity index (χ0n) is 21.4. The molecule has 1 saturated heterocycles.